The molecule has 1 N–H and O–H groups in total. The number of nitrogens with zero attached hydrogens (tertiary/aromatic N) is 1. The summed E-state index contributed by atoms with van der Waals surface area (Å²) in [5.41, 5.74) is 0.424. The maximum Gasteiger partial charge on any atom is 0.233 e. The number of halogens is 2. The number of hydrogen-bond donors (Lipinski definition) is 1. The first-order chi connectivity index (χ1) is 12.0. The number of likely N-dealkylation sites (tertiary alicyclic amines) is 1. The van der Waals surface area contributed by atoms with Gasteiger partial charge in [-0.3, -0.25) is 19.3 Å². The minimum atomic E-state index is -0.301. The number of imide groups is 1. The van der Waals surface area contributed by atoms with E-state index in [1.165, 1.54) is 4.90 Å². The number of rotatable bonds is 4. The highest BCUT2D eigenvalue weighted by molar-refractivity contribution is 6.44. The van der Waals surface area contributed by atoms with Crippen molar-refractivity contribution in [2.45, 2.75) is 25.7 Å². The third kappa shape index (κ3) is 2.74. The smallest absolute Gasteiger partial charge is 0.233 e. The summed E-state index contributed by atoms with van der Waals surface area (Å²) in [6, 6.07) is 4.98. The molecule has 4 atom stereocenters. The van der Waals surface area contributed by atoms with Crippen molar-refractivity contribution < 1.29 is 14.4 Å². The highest BCUT2D eigenvalue weighted by Gasteiger charge is 2.60. The van der Waals surface area contributed by atoms with Crippen LogP contribution in [0, 0.1) is 23.7 Å². The summed E-state index contributed by atoms with van der Waals surface area (Å²) in [7, 11) is 0. The van der Waals surface area contributed by atoms with Gasteiger partial charge in [-0.15, -0.1) is 0 Å². The third-order valence-electron chi connectivity index (χ3n) is 5.81. The summed E-state index contributed by atoms with van der Waals surface area (Å²) >= 11 is 12.0. The van der Waals surface area contributed by atoms with Gasteiger partial charge >= 0.3 is 0 Å². The van der Waals surface area contributed by atoms with Crippen molar-refractivity contribution in [3.8, 4) is 0 Å². The fourth-order valence-electron chi connectivity index (χ4n) is 4.72. The number of carbonyl (C=O) groups is 3. The summed E-state index contributed by atoms with van der Waals surface area (Å²) in [5, 5.41) is 3.31. The highest BCUT2D eigenvalue weighted by Crippen LogP contribution is 2.56. The number of anilines is 1. The van der Waals surface area contributed by atoms with Gasteiger partial charge in [0, 0.05) is 13.0 Å². The summed E-state index contributed by atoms with van der Waals surface area (Å²) in [6.45, 7) is 0.119. The lowest BCUT2D eigenvalue weighted by Gasteiger charge is -2.19. The second-order valence-electron chi connectivity index (χ2n) is 7.11. The zero-order valence-electron chi connectivity index (χ0n) is 13.5. The van der Waals surface area contributed by atoms with E-state index in [9.17, 15) is 14.4 Å². The van der Waals surface area contributed by atoms with Gasteiger partial charge in [-0.05, 0) is 43.2 Å². The Balaban J connectivity index is 1.38. The first kappa shape index (κ1) is 16.9. The lowest BCUT2D eigenvalue weighted by molar-refractivity contribution is -0.140. The van der Waals surface area contributed by atoms with Gasteiger partial charge < -0.3 is 5.32 Å². The SMILES string of the molecule is O=C(CCN1C(=O)[C@@H]2[C@@H]3CC[C@@H](C3)[C@@H]2C1=O)Nc1cccc(Cl)c1Cl. The molecule has 7 heteroatoms. The molecule has 4 rings (SSSR count). The Morgan fingerprint density at radius 3 is 2.40 bits per heavy atom. The minimum absolute atomic E-state index is 0.0507. The number of benzene rings is 1. The summed E-state index contributed by atoms with van der Waals surface area (Å²) in [4.78, 5) is 38.6. The van der Waals surface area contributed by atoms with Gasteiger partial charge in [-0.1, -0.05) is 29.3 Å². The standard InChI is InChI=1S/C18H18Cl2N2O3/c19-11-2-1-3-12(16(11)20)21-13(23)6-7-22-17(24)14-9-4-5-10(8-9)15(14)18(22)25/h1-3,9-10,14-15H,4-8H2,(H,21,23)/t9-,10+,14-,15+. The lowest BCUT2D eigenvalue weighted by atomic mass is 9.81. The first-order valence-electron chi connectivity index (χ1n) is 8.56. The van der Waals surface area contributed by atoms with Gasteiger partial charge in [-0.2, -0.15) is 0 Å². The lowest BCUT2D eigenvalue weighted by Crippen LogP contribution is -2.35. The molecule has 25 heavy (non-hydrogen) atoms. The van der Waals surface area contributed by atoms with Crippen molar-refractivity contribution in [2.75, 3.05) is 11.9 Å². The summed E-state index contributed by atoms with van der Waals surface area (Å²) < 4.78 is 0. The molecule has 3 fully saturated rings. The summed E-state index contributed by atoms with van der Waals surface area (Å²) in [6.07, 6.45) is 3.16. The van der Waals surface area contributed by atoms with E-state index in [1.807, 2.05) is 0 Å². The van der Waals surface area contributed by atoms with Crippen LogP contribution in [0.3, 0.4) is 0 Å². The second-order valence-corrected chi connectivity index (χ2v) is 7.90. The zero-order chi connectivity index (χ0) is 17.7. The van der Waals surface area contributed by atoms with Gasteiger partial charge in [0.05, 0.1) is 27.6 Å². The molecule has 1 aromatic carbocycles. The molecule has 0 spiro atoms. The Labute approximate surface area is 155 Å². The Morgan fingerprint density at radius 2 is 1.76 bits per heavy atom. The fourth-order valence-corrected chi connectivity index (χ4v) is 5.07. The van der Waals surface area contributed by atoms with Crippen LogP contribution in [0.2, 0.25) is 10.0 Å². The number of nitrogens with one attached hydrogen (secondary N) is 1. The van der Waals surface area contributed by atoms with Crippen LogP contribution in [-0.4, -0.2) is 29.2 Å². The molecule has 1 heterocycles. The maximum atomic E-state index is 12.6. The molecule has 2 saturated carbocycles. The van der Waals surface area contributed by atoms with E-state index < -0.39 is 0 Å². The molecule has 2 aliphatic carbocycles. The molecule has 1 aliphatic heterocycles. The van der Waals surface area contributed by atoms with Gasteiger partial charge in [0.1, 0.15) is 0 Å². The number of carbonyl (C=O) groups excluding carboxylic acids is 3. The molecule has 5 nitrogen and oxygen atoms in total. The van der Waals surface area contributed by atoms with Crippen molar-refractivity contribution >= 4 is 46.6 Å². The molecule has 3 aliphatic rings. The highest BCUT2D eigenvalue weighted by atomic mass is 35.5. The topological polar surface area (TPSA) is 66.5 Å². The van der Waals surface area contributed by atoms with Crippen LogP contribution in [0.5, 0.6) is 0 Å². The molecular formula is C18H18Cl2N2O3. The molecule has 1 aromatic rings. The first-order valence-corrected chi connectivity index (χ1v) is 9.32. The Morgan fingerprint density at radius 1 is 1.12 bits per heavy atom. The molecule has 132 valence electrons. The van der Waals surface area contributed by atoms with Crippen molar-refractivity contribution in [1.82, 2.24) is 4.90 Å². The Hall–Kier alpha value is -1.59. The van der Waals surface area contributed by atoms with E-state index in [1.54, 1.807) is 18.2 Å². The molecular weight excluding hydrogens is 363 g/mol. The van der Waals surface area contributed by atoms with E-state index in [4.69, 9.17) is 23.2 Å². The largest absolute Gasteiger partial charge is 0.325 e. The predicted octanol–water partition coefficient (Wildman–Crippen LogP) is 3.35. The molecule has 2 bridgehead atoms. The van der Waals surface area contributed by atoms with Crippen molar-refractivity contribution in [1.29, 1.82) is 0 Å². The van der Waals surface area contributed by atoms with E-state index in [0.29, 0.717) is 22.5 Å². The molecule has 0 unspecified atom stereocenters. The molecule has 0 aromatic heterocycles. The van der Waals surface area contributed by atoms with Gasteiger partial charge in [-0.25, -0.2) is 0 Å². The quantitative estimate of drug-likeness (QED) is 0.814. The number of amides is 3. The van der Waals surface area contributed by atoms with E-state index in [2.05, 4.69) is 5.32 Å². The van der Waals surface area contributed by atoms with Crippen LogP contribution in [0.25, 0.3) is 0 Å². The van der Waals surface area contributed by atoms with Crippen LogP contribution < -0.4 is 5.32 Å². The third-order valence-corrected chi connectivity index (χ3v) is 6.63. The van der Waals surface area contributed by atoms with Crippen molar-refractivity contribution in [3.05, 3.63) is 28.2 Å². The second kappa shape index (κ2) is 6.29. The van der Waals surface area contributed by atoms with Gasteiger partial charge in [0.15, 0.2) is 0 Å². The van der Waals surface area contributed by atoms with Crippen LogP contribution >= 0.6 is 23.2 Å². The van der Waals surface area contributed by atoms with Gasteiger partial charge in [0.2, 0.25) is 17.7 Å². The van der Waals surface area contributed by atoms with Crippen LogP contribution in [0.15, 0.2) is 18.2 Å². The van der Waals surface area contributed by atoms with E-state index in [0.717, 1.165) is 19.3 Å². The summed E-state index contributed by atoms with van der Waals surface area (Å²) in [5.74, 6) is -0.0455. The normalized spacial score (nSPS) is 30.1. The number of fused-ring (bicyclic) bond motifs is 5. The Kier molecular flexibility index (Phi) is 4.24. The molecule has 1 saturated heterocycles. The zero-order valence-corrected chi connectivity index (χ0v) is 15.0. The Bertz CT molecular complexity index is 739. The van der Waals surface area contributed by atoms with Crippen LogP contribution in [0.4, 0.5) is 5.69 Å². The fraction of sp³-hybridized carbons (Fsp3) is 0.500. The average molecular weight is 381 g/mol. The maximum absolute atomic E-state index is 12.6. The van der Waals surface area contributed by atoms with E-state index in [-0.39, 0.29) is 47.5 Å². The minimum Gasteiger partial charge on any atom is -0.325 e. The van der Waals surface area contributed by atoms with Crippen LogP contribution in [0.1, 0.15) is 25.7 Å². The van der Waals surface area contributed by atoms with Crippen LogP contribution in [-0.2, 0) is 14.4 Å². The van der Waals surface area contributed by atoms with Gasteiger partial charge in [0.25, 0.3) is 0 Å². The van der Waals surface area contributed by atoms with Crippen molar-refractivity contribution in [3.63, 3.8) is 0 Å². The molecule has 0 radical (unpaired) electrons. The monoisotopic (exact) mass is 380 g/mol. The number of hydrogen-bond acceptors (Lipinski definition) is 3. The molecule has 3 amide bonds. The van der Waals surface area contributed by atoms with E-state index >= 15 is 0 Å². The predicted molar refractivity (Wildman–Crippen MR) is 94.2 cm³/mol. The van der Waals surface area contributed by atoms with Crippen molar-refractivity contribution in [2.24, 2.45) is 23.7 Å². The average Bonchev–Trinajstić information content (AvgIpc) is 3.25.